The van der Waals surface area contributed by atoms with Crippen LogP contribution in [0.1, 0.15) is 32.1 Å². The molecule has 34 heavy (non-hydrogen) atoms. The number of nitrogens with one attached hydrogen (secondary N) is 1. The summed E-state index contributed by atoms with van der Waals surface area (Å²) in [6.07, 6.45) is 0. The molecule has 0 spiro atoms. The van der Waals surface area contributed by atoms with E-state index < -0.39 is 22.6 Å². The Hall–Kier alpha value is -3.41. The van der Waals surface area contributed by atoms with Gasteiger partial charge in [-0.1, -0.05) is 0 Å². The largest absolute Gasteiger partial charge is 0.454 e. The molecule has 0 fully saturated rings. The van der Waals surface area contributed by atoms with Crippen LogP contribution in [-0.4, -0.2) is 43.0 Å². The Morgan fingerprint density at radius 1 is 1.12 bits per heavy atom. The minimum absolute atomic E-state index is 0.0118. The van der Waals surface area contributed by atoms with Crippen LogP contribution in [0, 0.1) is 13.8 Å². The number of Topliss-reactive ketones (excluding diaryl/α,β-unsaturated/α-hetero) is 1. The van der Waals surface area contributed by atoms with Gasteiger partial charge < -0.3 is 14.6 Å². The van der Waals surface area contributed by atoms with Gasteiger partial charge in [0.05, 0.1) is 21.9 Å². The molecule has 1 aliphatic rings. The summed E-state index contributed by atoms with van der Waals surface area (Å²) in [6.45, 7) is 3.11. The second kappa shape index (κ2) is 9.09. The number of esters is 1. The van der Waals surface area contributed by atoms with Crippen molar-refractivity contribution in [3.05, 3.63) is 71.0 Å². The Labute approximate surface area is 200 Å². The van der Waals surface area contributed by atoms with Crippen molar-refractivity contribution in [1.29, 1.82) is 0 Å². The predicted octanol–water partition coefficient (Wildman–Crippen LogP) is 2.83. The monoisotopic (exact) mass is 499 g/mol. The number of fused-ring (bicyclic) bond motifs is 1. The third kappa shape index (κ3) is 4.76. The summed E-state index contributed by atoms with van der Waals surface area (Å²) in [4.78, 5) is 37.7. The molecule has 2 heterocycles. The normalized spacial score (nSPS) is 13.2. The molecular formula is C23H21N3O6S2. The van der Waals surface area contributed by atoms with Crippen molar-refractivity contribution in [3.63, 3.8) is 0 Å². The number of hydrogen-bond donors (Lipinski definition) is 2. The first-order chi connectivity index (χ1) is 16.0. The van der Waals surface area contributed by atoms with Crippen LogP contribution in [0.3, 0.4) is 0 Å². The lowest BCUT2D eigenvalue weighted by molar-refractivity contribution is -0.113. The summed E-state index contributed by atoms with van der Waals surface area (Å²) < 4.78 is 30.0. The van der Waals surface area contributed by atoms with E-state index in [1.165, 1.54) is 30.0 Å². The number of nitrogens with zero attached hydrogens (tertiary/aromatic N) is 1. The van der Waals surface area contributed by atoms with Gasteiger partial charge in [-0.05, 0) is 62.4 Å². The van der Waals surface area contributed by atoms with Gasteiger partial charge in [-0.25, -0.2) is 18.4 Å². The maximum atomic E-state index is 12.8. The van der Waals surface area contributed by atoms with Crippen molar-refractivity contribution in [1.82, 2.24) is 4.57 Å². The highest BCUT2D eigenvalue weighted by Gasteiger charge is 2.21. The molecule has 1 aliphatic heterocycles. The number of carbonyl (C=O) groups excluding carboxylic acids is 3. The number of benzene rings is 2. The van der Waals surface area contributed by atoms with Gasteiger partial charge in [0, 0.05) is 27.5 Å². The molecule has 176 valence electrons. The maximum absolute atomic E-state index is 12.8. The molecule has 0 saturated heterocycles. The van der Waals surface area contributed by atoms with Crippen molar-refractivity contribution in [2.24, 2.45) is 5.14 Å². The van der Waals surface area contributed by atoms with Gasteiger partial charge in [0.25, 0.3) is 0 Å². The minimum Gasteiger partial charge on any atom is -0.454 e. The standard InChI is InChI=1S/C23H21N3O6S2/c1-13-9-18(14(2)26(13)16-4-6-17(7-5-16)34(24,30)31)20(27)11-32-23(29)15-3-8-21-19(10-15)25-22(28)12-33-21/h3-10H,11-12H2,1-2H3,(H,25,28)(H2,24,30,31). The quantitative estimate of drug-likeness (QED) is 0.393. The predicted molar refractivity (Wildman–Crippen MR) is 127 cm³/mol. The van der Waals surface area contributed by atoms with Crippen molar-refractivity contribution in [3.8, 4) is 5.69 Å². The zero-order chi connectivity index (χ0) is 24.6. The highest BCUT2D eigenvalue weighted by atomic mass is 32.2. The minimum atomic E-state index is -3.81. The van der Waals surface area contributed by atoms with Crippen LogP contribution in [0.25, 0.3) is 5.69 Å². The summed E-state index contributed by atoms with van der Waals surface area (Å²) in [6, 6.07) is 12.5. The Bertz CT molecular complexity index is 1430. The molecule has 1 aromatic heterocycles. The fourth-order valence-electron chi connectivity index (χ4n) is 3.73. The van der Waals surface area contributed by atoms with Crippen LogP contribution < -0.4 is 10.5 Å². The van der Waals surface area contributed by atoms with Crippen molar-refractivity contribution in [2.45, 2.75) is 23.6 Å². The van der Waals surface area contributed by atoms with E-state index in [-0.39, 0.29) is 22.1 Å². The first-order valence-corrected chi connectivity index (χ1v) is 12.7. The van der Waals surface area contributed by atoms with Crippen molar-refractivity contribution >= 4 is 45.1 Å². The number of anilines is 1. The SMILES string of the molecule is Cc1cc(C(=O)COC(=O)c2ccc3c(c2)NC(=O)CS3)c(C)n1-c1ccc(S(N)(=O)=O)cc1. The lowest BCUT2D eigenvalue weighted by Gasteiger charge is -2.16. The molecular weight excluding hydrogens is 478 g/mol. The third-order valence-electron chi connectivity index (χ3n) is 5.34. The van der Waals surface area contributed by atoms with E-state index in [0.29, 0.717) is 28.4 Å². The van der Waals surface area contributed by atoms with E-state index in [1.807, 2.05) is 6.92 Å². The van der Waals surface area contributed by atoms with E-state index in [4.69, 9.17) is 9.88 Å². The van der Waals surface area contributed by atoms with Crippen LogP contribution in [0.5, 0.6) is 0 Å². The van der Waals surface area contributed by atoms with Crippen LogP contribution >= 0.6 is 11.8 Å². The number of ether oxygens (including phenoxy) is 1. The highest BCUT2D eigenvalue weighted by molar-refractivity contribution is 8.00. The van der Waals surface area contributed by atoms with Gasteiger partial charge in [-0.15, -0.1) is 11.8 Å². The molecule has 3 aromatic rings. The Kier molecular flexibility index (Phi) is 6.34. The van der Waals surface area contributed by atoms with Crippen LogP contribution in [0.15, 0.2) is 58.3 Å². The van der Waals surface area contributed by atoms with Crippen molar-refractivity contribution in [2.75, 3.05) is 17.7 Å². The van der Waals surface area contributed by atoms with Crippen molar-refractivity contribution < 1.29 is 27.5 Å². The molecule has 0 radical (unpaired) electrons. The first-order valence-electron chi connectivity index (χ1n) is 10.1. The zero-order valence-corrected chi connectivity index (χ0v) is 20.0. The average molecular weight is 500 g/mol. The summed E-state index contributed by atoms with van der Waals surface area (Å²) in [5.41, 5.74) is 3.19. The van der Waals surface area contributed by atoms with Gasteiger partial charge in [0.1, 0.15) is 0 Å². The van der Waals surface area contributed by atoms with Crippen LogP contribution in [0.4, 0.5) is 5.69 Å². The lowest BCUT2D eigenvalue weighted by Crippen LogP contribution is -2.19. The Morgan fingerprint density at radius 3 is 2.50 bits per heavy atom. The maximum Gasteiger partial charge on any atom is 0.338 e. The molecule has 4 rings (SSSR count). The topological polar surface area (TPSA) is 138 Å². The van der Waals surface area contributed by atoms with E-state index >= 15 is 0 Å². The number of aromatic nitrogens is 1. The number of thioether (sulfide) groups is 1. The number of nitrogens with two attached hydrogens (primary N) is 1. The second-order valence-corrected chi connectivity index (χ2v) is 10.3. The van der Waals surface area contributed by atoms with Gasteiger partial charge in [-0.2, -0.15) is 0 Å². The van der Waals surface area contributed by atoms with E-state index in [2.05, 4.69) is 5.32 Å². The van der Waals surface area contributed by atoms with Gasteiger partial charge in [-0.3, -0.25) is 9.59 Å². The summed E-state index contributed by atoms with van der Waals surface area (Å²) in [7, 11) is -3.81. The smallest absolute Gasteiger partial charge is 0.338 e. The van der Waals surface area contributed by atoms with E-state index in [0.717, 1.165) is 10.6 Å². The fraction of sp³-hybridized carbons (Fsp3) is 0.174. The summed E-state index contributed by atoms with van der Waals surface area (Å²) in [5, 5.41) is 7.86. The first kappa shape index (κ1) is 23.7. The van der Waals surface area contributed by atoms with Gasteiger partial charge in [0.2, 0.25) is 21.7 Å². The molecule has 0 aliphatic carbocycles. The molecule has 11 heteroatoms. The second-order valence-electron chi connectivity index (χ2n) is 7.71. The molecule has 2 aromatic carbocycles. The lowest BCUT2D eigenvalue weighted by atomic mass is 10.1. The van der Waals surface area contributed by atoms with E-state index in [9.17, 15) is 22.8 Å². The zero-order valence-electron chi connectivity index (χ0n) is 18.3. The number of aryl methyl sites for hydroxylation is 1. The van der Waals surface area contributed by atoms with Gasteiger partial charge in [0.15, 0.2) is 6.61 Å². The van der Waals surface area contributed by atoms with Crippen LogP contribution in [0.2, 0.25) is 0 Å². The molecule has 1 amide bonds. The highest BCUT2D eigenvalue weighted by Crippen LogP contribution is 2.32. The summed E-state index contributed by atoms with van der Waals surface area (Å²) >= 11 is 1.38. The van der Waals surface area contributed by atoms with E-state index in [1.54, 1.807) is 41.8 Å². The number of ketones is 1. The molecule has 0 saturated carbocycles. The number of sulfonamides is 1. The third-order valence-corrected chi connectivity index (χ3v) is 7.34. The number of carbonyl (C=O) groups is 3. The molecule has 0 bridgehead atoms. The molecule has 0 unspecified atom stereocenters. The number of amides is 1. The number of primary sulfonamides is 1. The Balaban J connectivity index is 1.48. The summed E-state index contributed by atoms with van der Waals surface area (Å²) in [5.74, 6) is -0.878. The number of rotatable bonds is 6. The molecule has 9 nitrogen and oxygen atoms in total. The number of hydrogen-bond acceptors (Lipinski definition) is 7. The average Bonchev–Trinajstić information content (AvgIpc) is 3.10. The van der Waals surface area contributed by atoms with Gasteiger partial charge >= 0.3 is 5.97 Å². The Morgan fingerprint density at radius 2 is 1.82 bits per heavy atom. The molecule has 3 N–H and O–H groups in total. The fourth-order valence-corrected chi connectivity index (χ4v) is 5.03. The molecule has 0 atom stereocenters. The van der Waals surface area contributed by atoms with Crippen LogP contribution in [-0.2, 0) is 19.6 Å².